The zero-order chi connectivity index (χ0) is 13.6. The van der Waals surface area contributed by atoms with E-state index in [0.29, 0.717) is 0 Å². The normalized spacial score (nSPS) is 12.1. The van der Waals surface area contributed by atoms with Crippen LogP contribution in [0.15, 0.2) is 53.5 Å². The van der Waals surface area contributed by atoms with Gasteiger partial charge in [-0.15, -0.1) is 0 Å². The summed E-state index contributed by atoms with van der Waals surface area (Å²) in [6.07, 6.45) is 7.52. The van der Waals surface area contributed by atoms with Crippen LogP contribution in [0.1, 0.15) is 6.92 Å². The van der Waals surface area contributed by atoms with Gasteiger partial charge in [0.15, 0.2) is 9.84 Å². The molecule has 0 saturated carbocycles. The van der Waals surface area contributed by atoms with Gasteiger partial charge in [-0.2, -0.15) is 0 Å². The first-order valence-electron chi connectivity index (χ1n) is 5.34. The summed E-state index contributed by atoms with van der Waals surface area (Å²) in [7, 11) is -3.36. The number of hydrogen-bond acceptors (Lipinski definition) is 3. The average Bonchev–Trinajstić information content (AvgIpc) is 2.28. The lowest BCUT2D eigenvalue weighted by molar-refractivity contribution is -0.111. The molecule has 0 radical (unpaired) electrons. The van der Waals surface area contributed by atoms with E-state index in [1.165, 1.54) is 12.1 Å². The van der Waals surface area contributed by atoms with Crippen molar-refractivity contribution in [2.75, 3.05) is 11.6 Å². The van der Waals surface area contributed by atoms with Crippen LogP contribution in [-0.2, 0) is 14.6 Å². The third kappa shape index (κ3) is 4.18. The molecule has 4 nitrogen and oxygen atoms in total. The largest absolute Gasteiger partial charge is 0.321 e. The van der Waals surface area contributed by atoms with Gasteiger partial charge in [-0.05, 0) is 19.1 Å². The topological polar surface area (TPSA) is 63.2 Å². The van der Waals surface area contributed by atoms with Crippen LogP contribution in [0, 0.1) is 0 Å². The fraction of sp³-hybridized carbons (Fsp3) is 0.154. The maximum absolute atomic E-state index is 11.5. The molecule has 1 rings (SSSR count). The van der Waals surface area contributed by atoms with Crippen molar-refractivity contribution in [3.63, 3.8) is 0 Å². The lowest BCUT2D eigenvalue weighted by Crippen LogP contribution is -2.11. The van der Waals surface area contributed by atoms with E-state index in [0.717, 1.165) is 6.26 Å². The molecule has 1 N–H and O–H groups in total. The quantitative estimate of drug-likeness (QED) is 0.670. The predicted octanol–water partition coefficient (Wildman–Crippen LogP) is 2.16. The predicted molar refractivity (Wildman–Crippen MR) is 72.1 cm³/mol. The van der Waals surface area contributed by atoms with Crippen molar-refractivity contribution in [2.24, 2.45) is 0 Å². The summed E-state index contributed by atoms with van der Waals surface area (Å²) in [5, 5.41) is 2.54. The third-order valence-electron chi connectivity index (χ3n) is 2.10. The van der Waals surface area contributed by atoms with Crippen LogP contribution in [0.25, 0.3) is 0 Å². The highest BCUT2D eigenvalue weighted by atomic mass is 32.2. The number of carbonyl (C=O) groups is 1. The van der Waals surface area contributed by atoms with E-state index >= 15 is 0 Å². The molecule has 5 heteroatoms. The van der Waals surface area contributed by atoms with Gasteiger partial charge in [-0.1, -0.05) is 30.4 Å². The Morgan fingerprint density at radius 3 is 2.50 bits per heavy atom. The Balaban J connectivity index is 2.95. The van der Waals surface area contributed by atoms with Gasteiger partial charge in [0.25, 0.3) is 0 Å². The van der Waals surface area contributed by atoms with E-state index in [1.807, 2.05) is 6.92 Å². The summed E-state index contributed by atoms with van der Waals surface area (Å²) in [6.45, 7) is 1.83. The zero-order valence-corrected chi connectivity index (χ0v) is 11.1. The number of sulfone groups is 1. The van der Waals surface area contributed by atoms with Crippen molar-refractivity contribution in [2.45, 2.75) is 11.8 Å². The SMILES string of the molecule is C/C=C/C=C/C(=O)Nc1ccccc1S(C)(=O)=O. The number of para-hydroxylation sites is 1. The minimum absolute atomic E-state index is 0.109. The van der Waals surface area contributed by atoms with E-state index < -0.39 is 9.84 Å². The number of anilines is 1. The second-order valence-corrected chi connectivity index (χ2v) is 5.63. The Morgan fingerprint density at radius 1 is 1.22 bits per heavy atom. The molecule has 0 aliphatic carbocycles. The molecular formula is C13H15NO3S. The van der Waals surface area contributed by atoms with Gasteiger partial charge in [0.05, 0.1) is 10.6 Å². The van der Waals surface area contributed by atoms with Gasteiger partial charge in [0.1, 0.15) is 0 Å². The van der Waals surface area contributed by atoms with Gasteiger partial charge in [-0.25, -0.2) is 8.42 Å². The standard InChI is InChI=1S/C13H15NO3S/c1-3-4-5-10-13(15)14-11-8-6-7-9-12(11)18(2,16)17/h3-10H,1-2H3,(H,14,15)/b4-3+,10-5+. The molecule has 0 heterocycles. The Morgan fingerprint density at radius 2 is 1.89 bits per heavy atom. The first-order chi connectivity index (χ1) is 8.45. The van der Waals surface area contributed by atoms with Crippen LogP contribution in [-0.4, -0.2) is 20.6 Å². The lowest BCUT2D eigenvalue weighted by Gasteiger charge is -2.07. The molecule has 0 saturated heterocycles. The summed E-state index contributed by atoms with van der Waals surface area (Å²) in [4.78, 5) is 11.6. The van der Waals surface area contributed by atoms with E-state index in [-0.39, 0.29) is 16.5 Å². The molecule has 1 aromatic rings. The molecule has 1 aromatic carbocycles. The summed E-state index contributed by atoms with van der Waals surface area (Å²) in [6, 6.07) is 6.29. The number of benzene rings is 1. The summed E-state index contributed by atoms with van der Waals surface area (Å²) < 4.78 is 23.0. The Kier molecular flexibility index (Phi) is 4.85. The highest BCUT2D eigenvalue weighted by Gasteiger charge is 2.13. The monoisotopic (exact) mass is 265 g/mol. The average molecular weight is 265 g/mol. The van der Waals surface area contributed by atoms with Crippen molar-refractivity contribution in [1.29, 1.82) is 0 Å². The van der Waals surface area contributed by atoms with Gasteiger partial charge < -0.3 is 5.32 Å². The van der Waals surface area contributed by atoms with Crippen LogP contribution in [0.4, 0.5) is 5.69 Å². The minimum Gasteiger partial charge on any atom is -0.321 e. The molecule has 0 aromatic heterocycles. The number of amides is 1. The smallest absolute Gasteiger partial charge is 0.248 e. The second kappa shape index (κ2) is 6.16. The van der Waals surface area contributed by atoms with Crippen LogP contribution >= 0.6 is 0 Å². The van der Waals surface area contributed by atoms with Crippen LogP contribution in [0.2, 0.25) is 0 Å². The van der Waals surface area contributed by atoms with Crippen LogP contribution in [0.3, 0.4) is 0 Å². The molecule has 1 amide bonds. The zero-order valence-electron chi connectivity index (χ0n) is 10.3. The number of rotatable bonds is 4. The Bertz CT molecular complexity index is 586. The Hall–Kier alpha value is -1.88. The van der Waals surface area contributed by atoms with Gasteiger partial charge >= 0.3 is 0 Å². The molecular weight excluding hydrogens is 250 g/mol. The fourth-order valence-electron chi connectivity index (χ4n) is 1.32. The van der Waals surface area contributed by atoms with Crippen molar-refractivity contribution >= 4 is 21.4 Å². The number of allylic oxidation sites excluding steroid dienone is 3. The Labute approximate surface area is 107 Å². The number of hydrogen-bond donors (Lipinski definition) is 1. The first kappa shape index (κ1) is 14.2. The molecule has 96 valence electrons. The van der Waals surface area contributed by atoms with E-state index in [4.69, 9.17) is 0 Å². The van der Waals surface area contributed by atoms with Crippen molar-refractivity contribution in [1.82, 2.24) is 0 Å². The molecule has 0 aliphatic rings. The highest BCUT2D eigenvalue weighted by Crippen LogP contribution is 2.20. The molecule has 0 unspecified atom stereocenters. The highest BCUT2D eigenvalue weighted by molar-refractivity contribution is 7.90. The van der Waals surface area contributed by atoms with Gasteiger partial charge in [0, 0.05) is 12.3 Å². The van der Waals surface area contributed by atoms with E-state index in [1.54, 1.807) is 36.4 Å². The van der Waals surface area contributed by atoms with Gasteiger partial charge in [-0.3, -0.25) is 4.79 Å². The first-order valence-corrected chi connectivity index (χ1v) is 7.23. The molecule has 0 aliphatic heterocycles. The summed E-state index contributed by atoms with van der Waals surface area (Å²) in [5.74, 6) is -0.371. The minimum atomic E-state index is -3.36. The van der Waals surface area contributed by atoms with Crippen LogP contribution < -0.4 is 5.32 Å². The number of carbonyl (C=O) groups excluding carboxylic acids is 1. The van der Waals surface area contributed by atoms with Crippen LogP contribution in [0.5, 0.6) is 0 Å². The molecule has 18 heavy (non-hydrogen) atoms. The lowest BCUT2D eigenvalue weighted by atomic mass is 10.3. The van der Waals surface area contributed by atoms with Crippen molar-refractivity contribution in [3.05, 3.63) is 48.6 Å². The maximum atomic E-state index is 11.5. The van der Waals surface area contributed by atoms with E-state index in [9.17, 15) is 13.2 Å². The molecule has 0 bridgehead atoms. The molecule has 0 spiro atoms. The maximum Gasteiger partial charge on any atom is 0.248 e. The van der Waals surface area contributed by atoms with Gasteiger partial charge in [0.2, 0.25) is 5.91 Å². The second-order valence-electron chi connectivity index (χ2n) is 3.64. The van der Waals surface area contributed by atoms with Crippen molar-refractivity contribution < 1.29 is 13.2 Å². The van der Waals surface area contributed by atoms with Crippen molar-refractivity contribution in [3.8, 4) is 0 Å². The fourth-order valence-corrected chi connectivity index (χ4v) is 2.17. The summed E-state index contributed by atoms with van der Waals surface area (Å²) >= 11 is 0. The molecule has 0 fully saturated rings. The number of nitrogens with one attached hydrogen (secondary N) is 1. The van der Waals surface area contributed by atoms with E-state index in [2.05, 4.69) is 5.32 Å². The summed E-state index contributed by atoms with van der Waals surface area (Å²) in [5.41, 5.74) is 0.287. The molecule has 0 atom stereocenters. The third-order valence-corrected chi connectivity index (χ3v) is 3.25.